The summed E-state index contributed by atoms with van der Waals surface area (Å²) in [7, 11) is 1.44. The number of ketones is 2. The minimum absolute atomic E-state index is 0.0825. The fourth-order valence-corrected chi connectivity index (χ4v) is 7.40. The third-order valence-corrected chi connectivity index (χ3v) is 9.66. The fraction of sp³-hybridized carbons (Fsp3) is 0.333. The summed E-state index contributed by atoms with van der Waals surface area (Å²) in [5.74, 6) is -1.49. The van der Waals surface area contributed by atoms with Crippen LogP contribution in [0.3, 0.4) is 0 Å². The van der Waals surface area contributed by atoms with Gasteiger partial charge in [-0.05, 0) is 82.7 Å². The molecule has 1 saturated carbocycles. The third kappa shape index (κ3) is 3.38. The van der Waals surface area contributed by atoms with Gasteiger partial charge in [0.15, 0.2) is 23.1 Å². The Balaban J connectivity index is 1.63. The quantitative estimate of drug-likeness (QED) is 0.451. The van der Waals surface area contributed by atoms with Gasteiger partial charge in [0.25, 0.3) is 0 Å². The molecular formula is C30H28BrN3O6. The van der Waals surface area contributed by atoms with Gasteiger partial charge in [-0.1, -0.05) is 31.2 Å². The van der Waals surface area contributed by atoms with Gasteiger partial charge in [0.2, 0.25) is 0 Å². The second kappa shape index (κ2) is 9.05. The maximum absolute atomic E-state index is 14.1. The van der Waals surface area contributed by atoms with E-state index >= 15 is 0 Å². The third-order valence-electron chi connectivity index (χ3n) is 9.05. The van der Waals surface area contributed by atoms with Crippen LogP contribution in [-0.4, -0.2) is 37.7 Å². The van der Waals surface area contributed by atoms with Crippen LogP contribution in [0.15, 0.2) is 79.3 Å². The van der Waals surface area contributed by atoms with Crippen molar-refractivity contribution in [2.24, 2.45) is 11.3 Å². The summed E-state index contributed by atoms with van der Waals surface area (Å²) in [5.41, 5.74) is 0.613. The van der Waals surface area contributed by atoms with Crippen LogP contribution in [0.4, 0.5) is 0 Å². The van der Waals surface area contributed by atoms with Crippen molar-refractivity contribution in [2.75, 3.05) is 7.11 Å². The fourth-order valence-electron chi connectivity index (χ4n) is 6.94. The number of fused-ring (bicyclic) bond motifs is 4. The average molecular weight is 606 g/mol. The monoisotopic (exact) mass is 605 g/mol. The summed E-state index contributed by atoms with van der Waals surface area (Å²) >= 11 is 3.41. The first kappa shape index (κ1) is 26.3. The van der Waals surface area contributed by atoms with Crippen LogP contribution >= 0.6 is 15.9 Å². The summed E-state index contributed by atoms with van der Waals surface area (Å²) in [6.07, 6.45) is 2.10. The Hall–Kier alpha value is -3.92. The molecule has 9 nitrogen and oxygen atoms in total. The van der Waals surface area contributed by atoms with Crippen LogP contribution < -0.4 is 16.1 Å². The first-order valence-electron chi connectivity index (χ1n) is 13.0. The van der Waals surface area contributed by atoms with Gasteiger partial charge in [0.1, 0.15) is 0 Å². The van der Waals surface area contributed by atoms with Gasteiger partial charge in [-0.15, -0.1) is 0 Å². The van der Waals surface area contributed by atoms with Gasteiger partial charge < -0.3 is 9.84 Å². The Morgan fingerprint density at radius 1 is 1.02 bits per heavy atom. The van der Waals surface area contributed by atoms with Crippen molar-refractivity contribution in [1.29, 1.82) is 0 Å². The SMILES string of the molecule is COc1cc([C@H]2C3=CCn4c(=O)n(-c5ccccc5)c(=O)n4[C@@H]3C[C@H]3C(=O)C(C)=C(C)C(=O)[C@@]23C)cc(Br)c1O. The van der Waals surface area contributed by atoms with Gasteiger partial charge in [-0.25, -0.2) is 23.5 Å². The molecule has 2 aromatic carbocycles. The van der Waals surface area contributed by atoms with Gasteiger partial charge in [0, 0.05) is 11.8 Å². The number of benzene rings is 2. The molecule has 40 heavy (non-hydrogen) atoms. The minimum Gasteiger partial charge on any atom is -0.503 e. The van der Waals surface area contributed by atoms with E-state index in [0.717, 1.165) is 10.1 Å². The Morgan fingerprint density at radius 2 is 1.73 bits per heavy atom. The summed E-state index contributed by atoms with van der Waals surface area (Å²) in [5, 5.41) is 10.5. The van der Waals surface area contributed by atoms with Crippen LogP contribution in [0.25, 0.3) is 5.69 Å². The Labute approximate surface area is 238 Å². The molecule has 1 N–H and O–H groups in total. The summed E-state index contributed by atoms with van der Waals surface area (Å²) in [6.45, 7) is 5.31. The lowest BCUT2D eigenvalue weighted by atomic mass is 9.50. The molecule has 1 fully saturated rings. The normalized spacial score (nSPS) is 25.7. The van der Waals surface area contributed by atoms with Crippen LogP contribution in [0, 0.1) is 11.3 Å². The summed E-state index contributed by atoms with van der Waals surface area (Å²) < 4.78 is 9.80. The molecule has 0 saturated heterocycles. The lowest BCUT2D eigenvalue weighted by Crippen LogP contribution is -2.55. The van der Waals surface area contributed by atoms with E-state index in [9.17, 15) is 24.3 Å². The summed E-state index contributed by atoms with van der Waals surface area (Å²) in [6, 6.07) is 11.5. The van der Waals surface area contributed by atoms with Crippen molar-refractivity contribution in [3.05, 3.63) is 96.3 Å². The molecule has 0 amide bonds. The van der Waals surface area contributed by atoms with Crippen LogP contribution in [0.1, 0.15) is 44.7 Å². The molecule has 2 heterocycles. The number of carbonyl (C=O) groups is 2. The van der Waals surface area contributed by atoms with Crippen molar-refractivity contribution in [1.82, 2.24) is 13.9 Å². The lowest BCUT2D eigenvalue weighted by molar-refractivity contribution is -0.140. The number of ether oxygens (including phenoxy) is 1. The molecule has 2 aliphatic carbocycles. The first-order valence-corrected chi connectivity index (χ1v) is 13.8. The number of phenols is 1. The van der Waals surface area contributed by atoms with Crippen LogP contribution in [-0.2, 0) is 16.1 Å². The molecule has 0 unspecified atom stereocenters. The number of nitrogens with zero attached hydrogens (tertiary/aromatic N) is 3. The number of methoxy groups -OCH3 is 1. The second-order valence-corrected chi connectivity index (χ2v) is 11.7. The molecule has 0 spiro atoms. The van der Waals surface area contributed by atoms with E-state index in [1.807, 2.05) is 19.1 Å². The second-order valence-electron chi connectivity index (χ2n) is 10.9. The van der Waals surface area contributed by atoms with Crippen LogP contribution in [0.2, 0.25) is 0 Å². The number of allylic oxidation sites excluding steroid dienone is 4. The number of aromatic nitrogens is 3. The zero-order valence-corrected chi connectivity index (χ0v) is 24.1. The number of hydrogen-bond donors (Lipinski definition) is 1. The van der Waals surface area contributed by atoms with Crippen molar-refractivity contribution in [3.63, 3.8) is 0 Å². The highest BCUT2D eigenvalue weighted by Gasteiger charge is 2.60. The first-order chi connectivity index (χ1) is 19.0. The number of halogens is 1. The number of carbonyl (C=O) groups excluding carboxylic acids is 2. The highest BCUT2D eigenvalue weighted by molar-refractivity contribution is 9.10. The maximum atomic E-state index is 14.1. The van der Waals surface area contributed by atoms with Crippen molar-refractivity contribution in [3.8, 4) is 17.2 Å². The van der Waals surface area contributed by atoms with Crippen molar-refractivity contribution < 1.29 is 19.4 Å². The predicted molar refractivity (Wildman–Crippen MR) is 151 cm³/mol. The smallest absolute Gasteiger partial charge is 0.352 e. The molecule has 1 aromatic heterocycles. The molecule has 206 valence electrons. The molecule has 6 rings (SSSR count). The number of phenolic OH excluding ortho intramolecular Hbond substituents is 1. The standard InChI is InChI=1S/C30H28BrN3O6/c1-15-16(2)27(37)30(3)20(25(15)35)14-22-19(24(30)17-12-21(31)26(36)23(13-17)40-4)10-11-32-28(38)33(29(39)34(22)32)18-8-6-5-7-9-18/h5-10,12-13,20,22,24,36H,11,14H2,1-4H3/t20-,22+,24-,30+/m0/s1. The molecule has 3 aliphatic rings. The molecular weight excluding hydrogens is 578 g/mol. The number of para-hydroxylation sites is 1. The minimum atomic E-state index is -1.15. The zero-order valence-electron chi connectivity index (χ0n) is 22.5. The van der Waals surface area contributed by atoms with Crippen molar-refractivity contribution >= 4 is 27.5 Å². The van der Waals surface area contributed by atoms with Gasteiger partial charge in [-0.2, -0.15) is 0 Å². The molecule has 10 heteroatoms. The molecule has 0 bridgehead atoms. The van der Waals surface area contributed by atoms with E-state index in [-0.39, 0.29) is 36.0 Å². The number of rotatable bonds is 3. The maximum Gasteiger partial charge on any atom is 0.352 e. The van der Waals surface area contributed by atoms with E-state index in [0.29, 0.717) is 26.9 Å². The lowest BCUT2D eigenvalue weighted by Gasteiger charge is -2.53. The summed E-state index contributed by atoms with van der Waals surface area (Å²) in [4.78, 5) is 55.3. The van der Waals surface area contributed by atoms with E-state index in [1.54, 1.807) is 50.2 Å². The zero-order chi connectivity index (χ0) is 28.7. The Morgan fingerprint density at radius 3 is 2.40 bits per heavy atom. The largest absolute Gasteiger partial charge is 0.503 e. The van der Waals surface area contributed by atoms with E-state index in [2.05, 4.69) is 15.9 Å². The highest BCUT2D eigenvalue weighted by Crippen LogP contribution is 2.61. The predicted octanol–water partition coefficient (Wildman–Crippen LogP) is 4.06. The highest BCUT2D eigenvalue weighted by atomic mass is 79.9. The van der Waals surface area contributed by atoms with E-state index in [4.69, 9.17) is 4.74 Å². The molecule has 1 aliphatic heterocycles. The Kier molecular flexibility index (Phi) is 5.96. The molecule has 4 atom stereocenters. The van der Waals surface area contributed by atoms with Crippen LogP contribution in [0.5, 0.6) is 11.5 Å². The van der Waals surface area contributed by atoms with E-state index < -0.39 is 34.7 Å². The van der Waals surface area contributed by atoms with Gasteiger partial charge in [0.05, 0.1) is 35.3 Å². The Bertz CT molecular complexity index is 1790. The number of Topliss-reactive ketones (excluding diaryl/α,β-unsaturated/α-hetero) is 2. The van der Waals surface area contributed by atoms with E-state index in [1.165, 1.54) is 16.5 Å². The number of aromatic hydroxyl groups is 1. The number of hydrogen-bond acceptors (Lipinski definition) is 6. The van der Waals surface area contributed by atoms with Gasteiger partial charge in [-0.3, -0.25) is 9.59 Å². The van der Waals surface area contributed by atoms with Crippen molar-refractivity contribution in [2.45, 2.75) is 45.7 Å². The molecule has 0 radical (unpaired) electrons. The molecule has 3 aromatic rings. The average Bonchev–Trinajstić information content (AvgIpc) is 3.21. The topological polar surface area (TPSA) is 113 Å². The van der Waals surface area contributed by atoms with Gasteiger partial charge >= 0.3 is 11.4 Å².